The Hall–Kier alpha value is -1.88. The van der Waals surface area contributed by atoms with E-state index in [1.807, 2.05) is 6.07 Å². The minimum absolute atomic E-state index is 0.232. The number of hydrogen-bond donors (Lipinski definition) is 2. The number of nitrogens with zero attached hydrogens (tertiary/aromatic N) is 1. The fraction of sp³-hybridized carbons (Fsp3) is 0.429. The molecular formula is C14H16N2O3. The fourth-order valence-corrected chi connectivity index (χ4v) is 2.58. The lowest BCUT2D eigenvalue weighted by atomic mass is 10.1. The zero-order valence-corrected chi connectivity index (χ0v) is 10.6. The molecule has 0 saturated carbocycles. The van der Waals surface area contributed by atoms with E-state index in [4.69, 9.17) is 9.84 Å². The monoisotopic (exact) mass is 260 g/mol. The SMILES string of the molecule is O=C(O)c1ccnc2cc(CC3CCCCO3)[nH]c12. The van der Waals surface area contributed by atoms with Crippen molar-refractivity contribution in [2.24, 2.45) is 0 Å². The Morgan fingerprint density at radius 2 is 2.42 bits per heavy atom. The highest BCUT2D eigenvalue weighted by Crippen LogP contribution is 2.21. The molecule has 2 aromatic rings. The molecule has 3 rings (SSSR count). The summed E-state index contributed by atoms with van der Waals surface area (Å²) in [6, 6.07) is 3.43. The number of aromatic carboxylic acids is 1. The average molecular weight is 260 g/mol. The van der Waals surface area contributed by atoms with E-state index in [-0.39, 0.29) is 11.7 Å². The maximum Gasteiger partial charge on any atom is 0.337 e. The van der Waals surface area contributed by atoms with Crippen molar-refractivity contribution in [2.75, 3.05) is 6.61 Å². The number of H-pyrrole nitrogens is 1. The van der Waals surface area contributed by atoms with E-state index in [0.717, 1.165) is 31.6 Å². The molecule has 2 N–H and O–H groups in total. The van der Waals surface area contributed by atoms with Crippen LogP contribution in [-0.4, -0.2) is 33.8 Å². The number of aromatic nitrogens is 2. The van der Waals surface area contributed by atoms with Gasteiger partial charge in [-0.15, -0.1) is 0 Å². The normalized spacial score (nSPS) is 19.7. The van der Waals surface area contributed by atoms with Crippen molar-refractivity contribution in [2.45, 2.75) is 31.8 Å². The summed E-state index contributed by atoms with van der Waals surface area (Å²) in [5, 5.41) is 9.14. The summed E-state index contributed by atoms with van der Waals surface area (Å²) in [6.45, 7) is 0.823. The van der Waals surface area contributed by atoms with Crippen molar-refractivity contribution in [3.05, 3.63) is 29.6 Å². The van der Waals surface area contributed by atoms with Crippen molar-refractivity contribution in [1.82, 2.24) is 9.97 Å². The number of hydrogen-bond acceptors (Lipinski definition) is 3. The lowest BCUT2D eigenvalue weighted by Crippen LogP contribution is -2.21. The number of nitrogens with one attached hydrogen (secondary N) is 1. The van der Waals surface area contributed by atoms with E-state index >= 15 is 0 Å². The summed E-state index contributed by atoms with van der Waals surface area (Å²) in [7, 11) is 0. The molecule has 1 saturated heterocycles. The third-order valence-corrected chi connectivity index (χ3v) is 3.53. The van der Waals surface area contributed by atoms with Gasteiger partial charge in [-0.3, -0.25) is 4.98 Å². The number of aromatic amines is 1. The highest BCUT2D eigenvalue weighted by atomic mass is 16.5. The summed E-state index contributed by atoms with van der Waals surface area (Å²) in [6.07, 6.45) is 5.94. The molecule has 0 amide bonds. The zero-order valence-electron chi connectivity index (χ0n) is 10.6. The van der Waals surface area contributed by atoms with Gasteiger partial charge in [0.1, 0.15) is 0 Å². The smallest absolute Gasteiger partial charge is 0.337 e. The summed E-state index contributed by atoms with van der Waals surface area (Å²) < 4.78 is 5.70. The molecular weight excluding hydrogens is 244 g/mol. The van der Waals surface area contributed by atoms with Crippen molar-refractivity contribution in [1.29, 1.82) is 0 Å². The maximum atomic E-state index is 11.1. The van der Waals surface area contributed by atoms with Crippen molar-refractivity contribution in [3.63, 3.8) is 0 Å². The van der Waals surface area contributed by atoms with Crippen LogP contribution in [0.2, 0.25) is 0 Å². The highest BCUT2D eigenvalue weighted by molar-refractivity contribution is 6.00. The van der Waals surface area contributed by atoms with Gasteiger partial charge in [0.2, 0.25) is 0 Å². The minimum Gasteiger partial charge on any atom is -0.478 e. The number of carboxylic acid groups (broad SMARTS) is 1. The Balaban J connectivity index is 1.88. The first-order chi connectivity index (χ1) is 9.24. The summed E-state index contributed by atoms with van der Waals surface area (Å²) in [4.78, 5) is 18.5. The van der Waals surface area contributed by atoms with Crippen LogP contribution in [0.4, 0.5) is 0 Å². The molecule has 3 heterocycles. The molecule has 1 aliphatic heterocycles. The van der Waals surface area contributed by atoms with Gasteiger partial charge in [0.05, 0.1) is 22.7 Å². The third-order valence-electron chi connectivity index (χ3n) is 3.53. The van der Waals surface area contributed by atoms with Gasteiger partial charge in [-0.25, -0.2) is 4.79 Å². The average Bonchev–Trinajstić information content (AvgIpc) is 2.81. The van der Waals surface area contributed by atoms with E-state index in [9.17, 15) is 4.79 Å². The van der Waals surface area contributed by atoms with E-state index in [1.54, 1.807) is 0 Å². The predicted molar refractivity (Wildman–Crippen MR) is 70.3 cm³/mol. The molecule has 100 valence electrons. The Bertz CT molecular complexity index is 600. The highest BCUT2D eigenvalue weighted by Gasteiger charge is 2.17. The Morgan fingerprint density at radius 1 is 1.53 bits per heavy atom. The van der Waals surface area contributed by atoms with Gasteiger partial charge < -0.3 is 14.8 Å². The Morgan fingerprint density at radius 3 is 3.16 bits per heavy atom. The second-order valence-corrected chi connectivity index (χ2v) is 4.91. The minimum atomic E-state index is -0.935. The number of fused-ring (bicyclic) bond motifs is 1. The van der Waals surface area contributed by atoms with Crippen LogP contribution in [0.15, 0.2) is 18.3 Å². The van der Waals surface area contributed by atoms with Crippen molar-refractivity contribution in [3.8, 4) is 0 Å². The summed E-state index contributed by atoms with van der Waals surface area (Å²) in [5.74, 6) is -0.935. The number of carbonyl (C=O) groups is 1. The van der Waals surface area contributed by atoms with Gasteiger partial charge in [-0.05, 0) is 31.4 Å². The van der Waals surface area contributed by atoms with Gasteiger partial charge in [0.25, 0.3) is 0 Å². The van der Waals surface area contributed by atoms with Crippen molar-refractivity contribution >= 4 is 17.0 Å². The van der Waals surface area contributed by atoms with Gasteiger partial charge in [0.15, 0.2) is 0 Å². The molecule has 19 heavy (non-hydrogen) atoms. The van der Waals surface area contributed by atoms with Crippen LogP contribution in [0, 0.1) is 0 Å². The molecule has 5 heteroatoms. The van der Waals surface area contributed by atoms with Gasteiger partial charge in [-0.1, -0.05) is 0 Å². The van der Waals surface area contributed by atoms with Crippen LogP contribution in [0.25, 0.3) is 11.0 Å². The number of ether oxygens (including phenoxy) is 1. The number of pyridine rings is 1. The summed E-state index contributed by atoms with van der Waals surface area (Å²) >= 11 is 0. The molecule has 0 radical (unpaired) electrons. The molecule has 2 aromatic heterocycles. The molecule has 1 unspecified atom stereocenters. The zero-order chi connectivity index (χ0) is 13.2. The topological polar surface area (TPSA) is 75.2 Å². The second kappa shape index (κ2) is 5.01. The number of rotatable bonds is 3. The van der Waals surface area contributed by atoms with E-state index in [2.05, 4.69) is 9.97 Å². The second-order valence-electron chi connectivity index (χ2n) is 4.91. The van der Waals surface area contributed by atoms with Crippen molar-refractivity contribution < 1.29 is 14.6 Å². The first-order valence-electron chi connectivity index (χ1n) is 6.55. The van der Waals surface area contributed by atoms with E-state index in [1.165, 1.54) is 18.7 Å². The quantitative estimate of drug-likeness (QED) is 0.888. The van der Waals surface area contributed by atoms with Crippen LogP contribution in [-0.2, 0) is 11.2 Å². The van der Waals surface area contributed by atoms with Crippen LogP contribution in [0.3, 0.4) is 0 Å². The summed E-state index contributed by atoms with van der Waals surface area (Å²) in [5.41, 5.74) is 2.55. The van der Waals surface area contributed by atoms with Crippen LogP contribution in [0.1, 0.15) is 35.3 Å². The van der Waals surface area contributed by atoms with E-state index < -0.39 is 5.97 Å². The Kier molecular flexibility index (Phi) is 3.21. The van der Waals surface area contributed by atoms with Crippen LogP contribution >= 0.6 is 0 Å². The molecule has 1 aliphatic rings. The molecule has 5 nitrogen and oxygen atoms in total. The lowest BCUT2D eigenvalue weighted by molar-refractivity contribution is 0.0163. The Labute approximate surface area is 110 Å². The molecule has 0 bridgehead atoms. The molecule has 1 fully saturated rings. The molecule has 1 atom stereocenters. The third kappa shape index (κ3) is 2.46. The molecule has 0 aromatic carbocycles. The van der Waals surface area contributed by atoms with Gasteiger partial charge >= 0.3 is 5.97 Å². The predicted octanol–water partition coefficient (Wildman–Crippen LogP) is 2.37. The molecule has 0 aliphatic carbocycles. The number of carboxylic acids is 1. The first kappa shape index (κ1) is 12.2. The van der Waals surface area contributed by atoms with E-state index in [0.29, 0.717) is 11.0 Å². The van der Waals surface area contributed by atoms with Gasteiger partial charge in [-0.2, -0.15) is 0 Å². The maximum absolute atomic E-state index is 11.1. The fourth-order valence-electron chi connectivity index (χ4n) is 2.58. The lowest BCUT2D eigenvalue weighted by Gasteiger charge is -2.21. The van der Waals surface area contributed by atoms with Crippen LogP contribution in [0.5, 0.6) is 0 Å². The standard InChI is InChI=1S/C14H16N2O3/c17-14(18)11-4-5-15-12-8-9(16-13(11)12)7-10-3-1-2-6-19-10/h4-5,8,10,16H,1-3,6-7H2,(H,17,18). The first-order valence-corrected chi connectivity index (χ1v) is 6.55. The van der Waals surface area contributed by atoms with Crippen LogP contribution < -0.4 is 0 Å². The van der Waals surface area contributed by atoms with Gasteiger partial charge in [0, 0.05) is 24.9 Å². The molecule has 0 spiro atoms. The largest absolute Gasteiger partial charge is 0.478 e.